The second-order valence-electron chi connectivity index (χ2n) is 5.40. The number of aryl methyl sites for hydroxylation is 1. The number of amides is 2. The molecule has 0 unspecified atom stereocenters. The summed E-state index contributed by atoms with van der Waals surface area (Å²) in [5, 5.41) is 20.3. The minimum Gasteiger partial charge on any atom is -0.306 e. The molecule has 0 saturated heterocycles. The number of benzene rings is 2. The van der Waals surface area contributed by atoms with E-state index >= 15 is 0 Å². The predicted octanol–water partition coefficient (Wildman–Crippen LogP) is 4.29. The molecular weight excluding hydrogens is 358 g/mol. The van der Waals surface area contributed by atoms with Gasteiger partial charge in [0.25, 0.3) is 5.69 Å². The molecule has 0 spiro atoms. The summed E-state index contributed by atoms with van der Waals surface area (Å²) >= 11 is 5.97. The molecule has 8 nitrogen and oxygen atoms in total. The van der Waals surface area contributed by atoms with Gasteiger partial charge in [-0.3, -0.25) is 20.1 Å². The second kappa shape index (κ2) is 7.24. The van der Waals surface area contributed by atoms with E-state index in [0.717, 1.165) is 11.3 Å². The lowest BCUT2D eigenvalue weighted by molar-refractivity contribution is -0.384. The first-order valence-electron chi connectivity index (χ1n) is 7.55. The van der Waals surface area contributed by atoms with Gasteiger partial charge in [-0.05, 0) is 11.6 Å². The van der Waals surface area contributed by atoms with Crippen LogP contribution >= 0.6 is 11.6 Å². The Morgan fingerprint density at radius 1 is 1.15 bits per heavy atom. The third kappa shape index (κ3) is 3.81. The number of halogens is 1. The van der Waals surface area contributed by atoms with Gasteiger partial charge in [0, 0.05) is 25.2 Å². The average molecular weight is 372 g/mol. The standard InChI is InChI=1S/C17H14ClN5O3/c1-22-15(11-5-3-2-4-6-11)10-16(21-22)20-17(24)19-14-9-12(23(25)26)7-8-13(14)18/h2-10H,1H3,(H2,19,20,21,24). The number of urea groups is 1. The van der Waals surface area contributed by atoms with Crippen molar-refractivity contribution in [1.82, 2.24) is 9.78 Å². The summed E-state index contributed by atoms with van der Waals surface area (Å²) in [5.41, 5.74) is 1.75. The van der Waals surface area contributed by atoms with Crippen LogP contribution in [-0.4, -0.2) is 20.7 Å². The maximum Gasteiger partial charge on any atom is 0.324 e. The summed E-state index contributed by atoms with van der Waals surface area (Å²) in [5.74, 6) is 0.338. The maximum atomic E-state index is 12.2. The Morgan fingerprint density at radius 3 is 2.58 bits per heavy atom. The predicted molar refractivity (Wildman–Crippen MR) is 99.4 cm³/mol. The number of hydrogen-bond acceptors (Lipinski definition) is 4. The molecule has 2 aromatic carbocycles. The Kier molecular flexibility index (Phi) is 4.85. The van der Waals surface area contributed by atoms with Crippen LogP contribution in [0.1, 0.15) is 0 Å². The van der Waals surface area contributed by atoms with Gasteiger partial charge in [-0.1, -0.05) is 41.9 Å². The van der Waals surface area contributed by atoms with E-state index in [9.17, 15) is 14.9 Å². The Bertz CT molecular complexity index is 972. The zero-order valence-electron chi connectivity index (χ0n) is 13.6. The largest absolute Gasteiger partial charge is 0.324 e. The minimum absolute atomic E-state index is 0.137. The van der Waals surface area contributed by atoms with E-state index in [1.807, 2.05) is 30.3 Å². The van der Waals surface area contributed by atoms with E-state index < -0.39 is 11.0 Å². The topological polar surface area (TPSA) is 102 Å². The number of nitrogens with one attached hydrogen (secondary N) is 2. The van der Waals surface area contributed by atoms with E-state index in [1.54, 1.807) is 17.8 Å². The van der Waals surface area contributed by atoms with Crippen LogP contribution in [-0.2, 0) is 7.05 Å². The van der Waals surface area contributed by atoms with Gasteiger partial charge in [-0.25, -0.2) is 4.79 Å². The van der Waals surface area contributed by atoms with E-state index in [2.05, 4.69) is 15.7 Å². The van der Waals surface area contributed by atoms with Gasteiger partial charge in [0.1, 0.15) is 0 Å². The first-order chi connectivity index (χ1) is 12.4. The van der Waals surface area contributed by atoms with Crippen molar-refractivity contribution in [2.75, 3.05) is 10.6 Å². The van der Waals surface area contributed by atoms with Crippen LogP contribution in [0.25, 0.3) is 11.3 Å². The second-order valence-corrected chi connectivity index (χ2v) is 5.81. The van der Waals surface area contributed by atoms with Crippen LogP contribution in [0.15, 0.2) is 54.6 Å². The molecule has 1 aromatic heterocycles. The number of nitrogens with zero attached hydrogens (tertiary/aromatic N) is 3. The number of hydrogen-bond donors (Lipinski definition) is 2. The molecule has 0 aliphatic rings. The summed E-state index contributed by atoms with van der Waals surface area (Å²) < 4.78 is 1.64. The molecule has 9 heteroatoms. The van der Waals surface area contributed by atoms with Gasteiger partial charge in [-0.15, -0.1) is 0 Å². The molecule has 0 aliphatic carbocycles. The molecule has 0 atom stereocenters. The van der Waals surface area contributed by atoms with Crippen molar-refractivity contribution >= 4 is 34.8 Å². The first-order valence-corrected chi connectivity index (χ1v) is 7.93. The monoisotopic (exact) mass is 371 g/mol. The lowest BCUT2D eigenvalue weighted by atomic mass is 10.1. The first kappa shape index (κ1) is 17.4. The van der Waals surface area contributed by atoms with Crippen molar-refractivity contribution in [1.29, 1.82) is 0 Å². The number of aromatic nitrogens is 2. The fourth-order valence-electron chi connectivity index (χ4n) is 2.40. The Morgan fingerprint density at radius 2 is 1.88 bits per heavy atom. The van der Waals surface area contributed by atoms with Gasteiger partial charge in [0.15, 0.2) is 5.82 Å². The lowest BCUT2D eigenvalue weighted by Gasteiger charge is -2.07. The maximum absolute atomic E-state index is 12.2. The number of carbonyl (C=O) groups is 1. The zero-order valence-corrected chi connectivity index (χ0v) is 14.4. The van der Waals surface area contributed by atoms with Gasteiger partial charge >= 0.3 is 6.03 Å². The van der Waals surface area contributed by atoms with Crippen LogP contribution in [0.4, 0.5) is 22.0 Å². The van der Waals surface area contributed by atoms with Crippen molar-refractivity contribution < 1.29 is 9.72 Å². The molecule has 3 rings (SSSR count). The fourth-order valence-corrected chi connectivity index (χ4v) is 2.56. The lowest BCUT2D eigenvalue weighted by Crippen LogP contribution is -2.20. The number of non-ortho nitro benzene ring substituents is 1. The smallest absolute Gasteiger partial charge is 0.306 e. The van der Waals surface area contributed by atoms with E-state index in [4.69, 9.17) is 11.6 Å². The summed E-state index contributed by atoms with van der Waals surface area (Å²) in [6, 6.07) is 14.5. The van der Waals surface area contributed by atoms with Crippen LogP contribution in [0.5, 0.6) is 0 Å². The number of rotatable bonds is 4. The van der Waals surface area contributed by atoms with Crippen molar-refractivity contribution in [3.05, 3.63) is 69.7 Å². The molecule has 0 fully saturated rings. The molecule has 26 heavy (non-hydrogen) atoms. The van der Waals surface area contributed by atoms with Gasteiger partial charge in [-0.2, -0.15) is 5.10 Å². The van der Waals surface area contributed by atoms with E-state index in [-0.39, 0.29) is 16.4 Å². The molecule has 132 valence electrons. The van der Waals surface area contributed by atoms with Crippen LogP contribution < -0.4 is 10.6 Å². The third-order valence-corrected chi connectivity index (χ3v) is 3.93. The number of carbonyl (C=O) groups excluding carboxylic acids is 1. The van der Waals surface area contributed by atoms with E-state index in [1.165, 1.54) is 18.2 Å². The average Bonchev–Trinajstić information content (AvgIpc) is 2.97. The highest BCUT2D eigenvalue weighted by Gasteiger charge is 2.14. The molecule has 3 aromatic rings. The van der Waals surface area contributed by atoms with Gasteiger partial charge in [0.05, 0.1) is 21.3 Å². The Labute approximate surface area is 153 Å². The number of nitro benzene ring substituents is 1. The molecule has 0 bridgehead atoms. The Hall–Kier alpha value is -3.39. The molecule has 0 aliphatic heterocycles. The van der Waals surface area contributed by atoms with Crippen molar-refractivity contribution in [3.8, 4) is 11.3 Å². The molecular formula is C17H14ClN5O3. The van der Waals surface area contributed by atoms with Gasteiger partial charge in [0.2, 0.25) is 0 Å². The van der Waals surface area contributed by atoms with E-state index in [0.29, 0.717) is 5.82 Å². The summed E-state index contributed by atoms with van der Waals surface area (Å²) in [4.78, 5) is 22.4. The van der Waals surface area contributed by atoms with Crippen molar-refractivity contribution in [3.63, 3.8) is 0 Å². The Balaban J connectivity index is 1.75. The molecule has 2 amide bonds. The number of nitro groups is 1. The fraction of sp³-hybridized carbons (Fsp3) is 0.0588. The van der Waals surface area contributed by atoms with Crippen molar-refractivity contribution in [2.24, 2.45) is 7.05 Å². The third-order valence-electron chi connectivity index (χ3n) is 3.60. The number of anilines is 2. The normalized spacial score (nSPS) is 10.4. The summed E-state index contributed by atoms with van der Waals surface area (Å²) in [6.07, 6.45) is 0. The van der Waals surface area contributed by atoms with Crippen LogP contribution in [0.3, 0.4) is 0 Å². The molecule has 0 saturated carbocycles. The van der Waals surface area contributed by atoms with Gasteiger partial charge < -0.3 is 5.32 Å². The summed E-state index contributed by atoms with van der Waals surface area (Å²) in [7, 11) is 1.77. The molecule has 2 N–H and O–H groups in total. The SMILES string of the molecule is Cn1nc(NC(=O)Nc2cc([N+](=O)[O-])ccc2Cl)cc1-c1ccccc1. The van der Waals surface area contributed by atoms with Crippen LogP contribution in [0.2, 0.25) is 5.02 Å². The van der Waals surface area contributed by atoms with Crippen LogP contribution in [0, 0.1) is 10.1 Å². The summed E-state index contributed by atoms with van der Waals surface area (Å²) in [6.45, 7) is 0. The zero-order chi connectivity index (χ0) is 18.7. The highest BCUT2D eigenvalue weighted by Crippen LogP contribution is 2.27. The van der Waals surface area contributed by atoms with Crippen molar-refractivity contribution in [2.45, 2.75) is 0 Å². The highest BCUT2D eigenvalue weighted by molar-refractivity contribution is 6.33. The molecule has 1 heterocycles. The minimum atomic E-state index is -0.606. The quantitative estimate of drug-likeness (QED) is 0.527. The molecule has 0 radical (unpaired) electrons. The highest BCUT2D eigenvalue weighted by atomic mass is 35.5.